The Hall–Kier alpha value is -3.03. The average molecular weight is 534 g/mol. The lowest BCUT2D eigenvalue weighted by Crippen LogP contribution is -2.48. The van der Waals surface area contributed by atoms with Crippen LogP contribution >= 0.6 is 11.3 Å². The summed E-state index contributed by atoms with van der Waals surface area (Å²) >= 11 is 1.49. The Labute approximate surface area is 228 Å². The molecule has 2 heterocycles. The summed E-state index contributed by atoms with van der Waals surface area (Å²) in [5.41, 5.74) is 3.09. The number of hydrogen-bond donors (Lipinski definition) is 1. The van der Waals surface area contributed by atoms with Gasteiger partial charge in [0.25, 0.3) is 11.8 Å². The number of benzene rings is 2. The van der Waals surface area contributed by atoms with Crippen molar-refractivity contribution in [3.8, 4) is 0 Å². The normalized spacial score (nSPS) is 18.2. The number of carbonyl (C=O) groups is 2. The first-order valence-electron chi connectivity index (χ1n) is 13.5. The summed E-state index contributed by atoms with van der Waals surface area (Å²) in [6.07, 6.45) is 2.72. The molecule has 1 saturated heterocycles. The van der Waals surface area contributed by atoms with Crippen molar-refractivity contribution in [2.45, 2.75) is 46.6 Å². The first kappa shape index (κ1) is 26.6. The number of thiophene rings is 1. The highest BCUT2D eigenvalue weighted by atomic mass is 32.1. The zero-order valence-electron chi connectivity index (χ0n) is 22.4. The van der Waals surface area contributed by atoms with Gasteiger partial charge in [0.05, 0.1) is 11.1 Å². The predicted octanol–water partition coefficient (Wildman–Crippen LogP) is 6.25. The Morgan fingerprint density at radius 3 is 2.37 bits per heavy atom. The van der Waals surface area contributed by atoms with Crippen molar-refractivity contribution >= 4 is 28.2 Å². The van der Waals surface area contributed by atoms with Crippen molar-refractivity contribution in [1.82, 2.24) is 9.80 Å². The van der Waals surface area contributed by atoms with Crippen LogP contribution in [0, 0.1) is 17.2 Å². The standard InChI is InChI=1S/C31H36FN3O2S/c1-31(2,3)22-13-14-24-26(19-22)38-29(33-28(36)23-11-7-8-12-25(23)32)27(24)30(37)35-17-15-34(16-18-35)20-21-9-5-4-6-10-21/h4-12,22H,13-20H2,1-3H3,(H,33,36)/t22-/m0/s1. The van der Waals surface area contributed by atoms with Crippen LogP contribution in [0.25, 0.3) is 0 Å². The van der Waals surface area contributed by atoms with Crippen LogP contribution in [0.5, 0.6) is 0 Å². The topological polar surface area (TPSA) is 52.7 Å². The minimum atomic E-state index is -0.568. The number of fused-ring (bicyclic) bond motifs is 1. The number of halogens is 1. The number of amides is 2. The molecule has 3 aromatic rings. The van der Waals surface area contributed by atoms with Gasteiger partial charge in [0.2, 0.25) is 0 Å². The van der Waals surface area contributed by atoms with E-state index in [-0.39, 0.29) is 16.9 Å². The molecule has 0 spiro atoms. The van der Waals surface area contributed by atoms with Crippen LogP contribution in [0.1, 0.15) is 63.9 Å². The molecule has 38 heavy (non-hydrogen) atoms. The maximum atomic E-state index is 14.4. The second kappa shape index (κ2) is 11.0. The number of piperazine rings is 1. The molecular weight excluding hydrogens is 497 g/mol. The highest BCUT2D eigenvalue weighted by Gasteiger charge is 2.36. The van der Waals surface area contributed by atoms with Gasteiger partial charge in [0.15, 0.2) is 0 Å². The highest BCUT2D eigenvalue weighted by molar-refractivity contribution is 7.17. The van der Waals surface area contributed by atoms with Gasteiger partial charge >= 0.3 is 0 Å². The fraction of sp³-hybridized carbons (Fsp3) is 0.419. The van der Waals surface area contributed by atoms with E-state index in [4.69, 9.17) is 0 Å². The van der Waals surface area contributed by atoms with E-state index < -0.39 is 11.7 Å². The van der Waals surface area contributed by atoms with Crippen molar-refractivity contribution in [2.24, 2.45) is 11.3 Å². The molecule has 2 aromatic carbocycles. The molecule has 1 aromatic heterocycles. The number of carbonyl (C=O) groups excluding carboxylic acids is 2. The van der Waals surface area contributed by atoms with Gasteiger partial charge in [-0.2, -0.15) is 0 Å². The van der Waals surface area contributed by atoms with Crippen LogP contribution < -0.4 is 5.32 Å². The summed E-state index contributed by atoms with van der Waals surface area (Å²) < 4.78 is 14.4. The minimum Gasteiger partial charge on any atom is -0.336 e. The summed E-state index contributed by atoms with van der Waals surface area (Å²) in [5.74, 6) is -0.606. The van der Waals surface area contributed by atoms with Gasteiger partial charge in [-0.1, -0.05) is 63.2 Å². The Kier molecular flexibility index (Phi) is 7.68. The second-order valence-electron chi connectivity index (χ2n) is 11.5. The molecule has 0 unspecified atom stereocenters. The summed E-state index contributed by atoms with van der Waals surface area (Å²) in [7, 11) is 0. The monoisotopic (exact) mass is 533 g/mol. The van der Waals surface area contributed by atoms with E-state index in [9.17, 15) is 14.0 Å². The number of nitrogens with zero attached hydrogens (tertiary/aromatic N) is 2. The van der Waals surface area contributed by atoms with E-state index in [0.29, 0.717) is 29.6 Å². The fourth-order valence-corrected chi connectivity index (χ4v) is 6.88. The van der Waals surface area contributed by atoms with E-state index in [1.165, 1.54) is 33.9 Å². The molecule has 0 radical (unpaired) electrons. The molecule has 2 aliphatic rings. The summed E-state index contributed by atoms with van der Waals surface area (Å²) in [4.78, 5) is 32.5. The maximum Gasteiger partial charge on any atom is 0.259 e. The van der Waals surface area contributed by atoms with Gasteiger partial charge in [0.1, 0.15) is 10.8 Å². The Morgan fingerprint density at radius 2 is 1.68 bits per heavy atom. The molecule has 1 N–H and O–H groups in total. The van der Waals surface area contributed by atoms with Crippen molar-refractivity contribution in [3.05, 3.63) is 87.5 Å². The predicted molar refractivity (Wildman–Crippen MR) is 151 cm³/mol. The summed E-state index contributed by atoms with van der Waals surface area (Å²) in [5, 5.41) is 3.47. The highest BCUT2D eigenvalue weighted by Crippen LogP contribution is 2.45. The number of anilines is 1. The molecule has 5 nitrogen and oxygen atoms in total. The number of hydrogen-bond acceptors (Lipinski definition) is 4. The zero-order chi connectivity index (χ0) is 26.9. The fourth-order valence-electron chi connectivity index (χ4n) is 5.56. The quantitative estimate of drug-likeness (QED) is 0.422. The molecule has 1 atom stereocenters. The third-order valence-electron chi connectivity index (χ3n) is 7.96. The van der Waals surface area contributed by atoms with Crippen molar-refractivity contribution in [1.29, 1.82) is 0 Å². The lowest BCUT2D eigenvalue weighted by Gasteiger charge is -2.36. The van der Waals surface area contributed by atoms with Crippen LogP contribution in [-0.2, 0) is 19.4 Å². The molecule has 1 fully saturated rings. The number of nitrogens with one attached hydrogen (secondary N) is 1. The lowest BCUT2D eigenvalue weighted by atomic mass is 9.72. The SMILES string of the molecule is CC(C)(C)[C@H]1CCc2c(sc(NC(=O)c3ccccc3F)c2C(=O)N2CCN(Cc3ccccc3)CC2)C1. The summed E-state index contributed by atoms with van der Waals surface area (Å²) in [6, 6.07) is 16.3. The van der Waals surface area contributed by atoms with Crippen molar-refractivity contribution in [3.63, 3.8) is 0 Å². The molecule has 2 amide bonds. The van der Waals surface area contributed by atoms with Gasteiger partial charge in [-0.3, -0.25) is 14.5 Å². The van der Waals surface area contributed by atoms with E-state index in [2.05, 4.69) is 55.3 Å². The minimum absolute atomic E-state index is 0.0145. The van der Waals surface area contributed by atoms with Crippen LogP contribution in [0.3, 0.4) is 0 Å². The molecule has 0 bridgehead atoms. The first-order valence-corrected chi connectivity index (χ1v) is 14.3. The molecule has 7 heteroatoms. The Balaban J connectivity index is 1.38. The molecule has 0 saturated carbocycles. The van der Waals surface area contributed by atoms with Gasteiger partial charge in [-0.15, -0.1) is 11.3 Å². The van der Waals surface area contributed by atoms with Gasteiger partial charge in [0, 0.05) is 37.6 Å². The Bertz CT molecular complexity index is 1310. The molecule has 1 aliphatic carbocycles. The average Bonchev–Trinajstić information content (AvgIpc) is 3.26. The molecule has 200 valence electrons. The van der Waals surface area contributed by atoms with Crippen LogP contribution in [0.2, 0.25) is 0 Å². The van der Waals surface area contributed by atoms with E-state index in [1.807, 2.05) is 11.0 Å². The van der Waals surface area contributed by atoms with Crippen LogP contribution in [0.15, 0.2) is 54.6 Å². The van der Waals surface area contributed by atoms with E-state index in [0.717, 1.165) is 44.5 Å². The zero-order valence-corrected chi connectivity index (χ0v) is 23.2. The van der Waals surface area contributed by atoms with E-state index >= 15 is 0 Å². The third kappa shape index (κ3) is 5.69. The molecular formula is C31H36FN3O2S. The van der Waals surface area contributed by atoms with Gasteiger partial charge in [-0.05, 0) is 53.9 Å². The molecule has 1 aliphatic heterocycles. The van der Waals surface area contributed by atoms with Crippen LogP contribution in [-0.4, -0.2) is 47.8 Å². The third-order valence-corrected chi connectivity index (χ3v) is 9.13. The first-order chi connectivity index (χ1) is 18.2. The smallest absolute Gasteiger partial charge is 0.259 e. The van der Waals surface area contributed by atoms with E-state index in [1.54, 1.807) is 12.1 Å². The summed E-state index contributed by atoms with van der Waals surface area (Å²) in [6.45, 7) is 10.5. The van der Waals surface area contributed by atoms with Crippen molar-refractivity contribution in [2.75, 3.05) is 31.5 Å². The second-order valence-corrected chi connectivity index (χ2v) is 12.6. The van der Waals surface area contributed by atoms with Gasteiger partial charge in [-0.25, -0.2) is 4.39 Å². The van der Waals surface area contributed by atoms with Crippen LogP contribution in [0.4, 0.5) is 9.39 Å². The maximum absolute atomic E-state index is 14.4. The molecule has 5 rings (SSSR count). The van der Waals surface area contributed by atoms with Gasteiger partial charge < -0.3 is 10.2 Å². The largest absolute Gasteiger partial charge is 0.336 e. The number of rotatable bonds is 5. The van der Waals surface area contributed by atoms with Crippen molar-refractivity contribution < 1.29 is 14.0 Å². The lowest BCUT2D eigenvalue weighted by molar-refractivity contribution is 0.0628. The Morgan fingerprint density at radius 1 is 1.00 bits per heavy atom.